The highest BCUT2D eigenvalue weighted by Crippen LogP contribution is 2.44. The van der Waals surface area contributed by atoms with Crippen LogP contribution in [-0.2, 0) is 15.8 Å². The first-order valence-corrected chi connectivity index (χ1v) is 7.36. The van der Waals surface area contributed by atoms with Gasteiger partial charge in [0.2, 0.25) is 0 Å². The lowest BCUT2D eigenvalue weighted by molar-refractivity contribution is -0.115. The van der Waals surface area contributed by atoms with Crippen molar-refractivity contribution in [3.63, 3.8) is 0 Å². The lowest BCUT2D eigenvalue weighted by atomic mass is 9.81. The minimum absolute atomic E-state index is 0.163. The predicted octanol–water partition coefficient (Wildman–Crippen LogP) is 3.51. The van der Waals surface area contributed by atoms with Crippen molar-refractivity contribution in [2.24, 2.45) is 0 Å². The van der Waals surface area contributed by atoms with Gasteiger partial charge in [-0.25, -0.2) is 0 Å². The Hall–Kier alpha value is -0.860. The topological polar surface area (TPSA) is 29.5 Å². The van der Waals surface area contributed by atoms with Crippen LogP contribution in [-0.4, -0.2) is 17.3 Å². The molecule has 0 spiro atoms. The standard InChI is InChI=1S/C17H24O2/c1-16(2,3)12-4-6-13(7-5-12)17(18)10-14-8-9-15(11-17)19-14/h4-7,14-15,18H,8-11H2,1-3H3. The smallest absolute Gasteiger partial charge is 0.0945 e. The van der Waals surface area contributed by atoms with Crippen LogP contribution in [0.5, 0.6) is 0 Å². The Labute approximate surface area is 115 Å². The Balaban J connectivity index is 1.86. The largest absolute Gasteiger partial charge is 0.385 e. The molecular weight excluding hydrogens is 236 g/mol. The first-order valence-electron chi connectivity index (χ1n) is 7.36. The fraction of sp³-hybridized carbons (Fsp3) is 0.647. The summed E-state index contributed by atoms with van der Waals surface area (Å²) in [6.07, 6.45) is 4.22. The van der Waals surface area contributed by atoms with Gasteiger partial charge in [0.15, 0.2) is 0 Å². The van der Waals surface area contributed by atoms with E-state index in [0.29, 0.717) is 0 Å². The maximum atomic E-state index is 10.9. The van der Waals surface area contributed by atoms with Crippen molar-refractivity contribution in [3.05, 3.63) is 35.4 Å². The molecule has 0 radical (unpaired) electrons. The van der Waals surface area contributed by atoms with Gasteiger partial charge in [-0.15, -0.1) is 0 Å². The Kier molecular flexibility index (Phi) is 2.99. The molecule has 2 unspecified atom stereocenters. The molecule has 2 heterocycles. The molecule has 2 fully saturated rings. The van der Waals surface area contributed by atoms with Crippen LogP contribution in [0.2, 0.25) is 0 Å². The first kappa shape index (κ1) is 13.1. The molecule has 0 saturated carbocycles. The van der Waals surface area contributed by atoms with E-state index in [1.165, 1.54) is 5.56 Å². The highest BCUT2D eigenvalue weighted by atomic mass is 16.5. The molecule has 1 N–H and O–H groups in total. The van der Waals surface area contributed by atoms with E-state index in [0.717, 1.165) is 31.2 Å². The lowest BCUT2D eigenvalue weighted by Gasteiger charge is -2.37. The Morgan fingerprint density at radius 3 is 2.05 bits per heavy atom. The van der Waals surface area contributed by atoms with Gasteiger partial charge < -0.3 is 9.84 Å². The number of ether oxygens (including phenoxy) is 1. The summed E-state index contributed by atoms with van der Waals surface area (Å²) in [5, 5.41) is 10.9. The maximum Gasteiger partial charge on any atom is 0.0945 e. The van der Waals surface area contributed by atoms with Crippen LogP contribution in [0, 0.1) is 0 Å². The summed E-state index contributed by atoms with van der Waals surface area (Å²) >= 11 is 0. The van der Waals surface area contributed by atoms with Crippen molar-refractivity contribution in [3.8, 4) is 0 Å². The van der Waals surface area contributed by atoms with E-state index in [4.69, 9.17) is 4.74 Å². The molecule has 2 aliphatic rings. The van der Waals surface area contributed by atoms with Crippen molar-refractivity contribution in [2.45, 2.75) is 69.7 Å². The summed E-state index contributed by atoms with van der Waals surface area (Å²) in [7, 11) is 0. The van der Waals surface area contributed by atoms with Crippen molar-refractivity contribution >= 4 is 0 Å². The fourth-order valence-corrected chi connectivity index (χ4v) is 3.43. The number of hydrogen-bond acceptors (Lipinski definition) is 2. The SMILES string of the molecule is CC(C)(C)c1ccc(C2(O)CC3CCC(C2)O3)cc1. The third kappa shape index (κ3) is 2.44. The number of aliphatic hydroxyl groups is 1. The molecule has 1 aromatic carbocycles. The van der Waals surface area contributed by atoms with E-state index in [2.05, 4.69) is 45.0 Å². The minimum atomic E-state index is -0.680. The summed E-state index contributed by atoms with van der Waals surface area (Å²) in [6, 6.07) is 8.52. The Morgan fingerprint density at radius 1 is 1.05 bits per heavy atom. The molecule has 2 heteroatoms. The van der Waals surface area contributed by atoms with E-state index in [1.807, 2.05) is 0 Å². The van der Waals surface area contributed by atoms with Crippen LogP contribution in [0.25, 0.3) is 0 Å². The number of fused-ring (bicyclic) bond motifs is 2. The molecule has 2 atom stereocenters. The second-order valence-corrected chi connectivity index (χ2v) is 7.22. The van der Waals surface area contributed by atoms with E-state index in [-0.39, 0.29) is 17.6 Å². The lowest BCUT2D eigenvalue weighted by Crippen LogP contribution is -2.38. The normalized spacial score (nSPS) is 34.5. The van der Waals surface area contributed by atoms with E-state index >= 15 is 0 Å². The third-order valence-electron chi connectivity index (χ3n) is 4.61. The highest BCUT2D eigenvalue weighted by molar-refractivity contribution is 5.31. The zero-order valence-corrected chi connectivity index (χ0v) is 12.1. The third-order valence-corrected chi connectivity index (χ3v) is 4.61. The zero-order valence-electron chi connectivity index (χ0n) is 12.1. The van der Waals surface area contributed by atoms with Crippen molar-refractivity contribution < 1.29 is 9.84 Å². The molecule has 0 amide bonds. The van der Waals surface area contributed by atoms with Crippen LogP contribution in [0.3, 0.4) is 0 Å². The Morgan fingerprint density at radius 2 is 1.58 bits per heavy atom. The van der Waals surface area contributed by atoms with Gasteiger partial charge in [0.1, 0.15) is 0 Å². The van der Waals surface area contributed by atoms with Crippen LogP contribution in [0.4, 0.5) is 0 Å². The van der Waals surface area contributed by atoms with Gasteiger partial charge in [0.25, 0.3) is 0 Å². The molecule has 0 aromatic heterocycles. The highest BCUT2D eigenvalue weighted by Gasteiger charge is 2.44. The van der Waals surface area contributed by atoms with Gasteiger partial charge in [-0.3, -0.25) is 0 Å². The quantitative estimate of drug-likeness (QED) is 0.837. The van der Waals surface area contributed by atoms with Crippen LogP contribution < -0.4 is 0 Å². The minimum Gasteiger partial charge on any atom is -0.385 e. The summed E-state index contributed by atoms with van der Waals surface area (Å²) in [5.74, 6) is 0. The molecule has 2 saturated heterocycles. The van der Waals surface area contributed by atoms with Crippen molar-refractivity contribution in [1.82, 2.24) is 0 Å². The molecule has 1 aromatic rings. The van der Waals surface area contributed by atoms with Crippen molar-refractivity contribution in [1.29, 1.82) is 0 Å². The molecule has 2 aliphatic heterocycles. The van der Waals surface area contributed by atoms with Crippen LogP contribution >= 0.6 is 0 Å². The van der Waals surface area contributed by atoms with E-state index < -0.39 is 5.60 Å². The monoisotopic (exact) mass is 260 g/mol. The number of rotatable bonds is 1. The van der Waals surface area contributed by atoms with Gasteiger partial charge in [0, 0.05) is 12.8 Å². The van der Waals surface area contributed by atoms with E-state index in [1.54, 1.807) is 0 Å². The molecule has 19 heavy (non-hydrogen) atoms. The summed E-state index contributed by atoms with van der Waals surface area (Å²) in [4.78, 5) is 0. The predicted molar refractivity (Wildman–Crippen MR) is 76.2 cm³/mol. The molecule has 2 nitrogen and oxygen atoms in total. The molecule has 104 valence electrons. The van der Waals surface area contributed by atoms with E-state index in [9.17, 15) is 5.11 Å². The fourth-order valence-electron chi connectivity index (χ4n) is 3.43. The second kappa shape index (κ2) is 4.32. The average Bonchev–Trinajstić information content (AvgIpc) is 2.68. The average molecular weight is 260 g/mol. The van der Waals surface area contributed by atoms with Gasteiger partial charge >= 0.3 is 0 Å². The molecule has 0 aliphatic carbocycles. The van der Waals surface area contributed by atoms with Crippen molar-refractivity contribution in [2.75, 3.05) is 0 Å². The number of benzene rings is 1. The maximum absolute atomic E-state index is 10.9. The van der Waals surface area contributed by atoms with Crippen LogP contribution in [0.1, 0.15) is 57.6 Å². The second-order valence-electron chi connectivity index (χ2n) is 7.22. The summed E-state index contributed by atoms with van der Waals surface area (Å²) < 4.78 is 5.83. The van der Waals surface area contributed by atoms with Gasteiger partial charge in [-0.1, -0.05) is 45.0 Å². The van der Waals surface area contributed by atoms with Gasteiger partial charge in [-0.2, -0.15) is 0 Å². The molecular formula is C17H24O2. The van der Waals surface area contributed by atoms with Gasteiger partial charge in [-0.05, 0) is 29.4 Å². The zero-order chi connectivity index (χ0) is 13.7. The molecule has 3 rings (SSSR count). The molecule has 2 bridgehead atoms. The summed E-state index contributed by atoms with van der Waals surface area (Å²) in [5.41, 5.74) is 1.85. The van der Waals surface area contributed by atoms with Gasteiger partial charge in [0.05, 0.1) is 17.8 Å². The number of hydrogen-bond donors (Lipinski definition) is 1. The van der Waals surface area contributed by atoms with Crippen LogP contribution in [0.15, 0.2) is 24.3 Å². The Bertz CT molecular complexity index is 443. The summed E-state index contributed by atoms with van der Waals surface area (Å²) in [6.45, 7) is 6.64. The first-order chi connectivity index (χ1) is 8.87.